The maximum atomic E-state index is 12.7. The van der Waals surface area contributed by atoms with Crippen molar-refractivity contribution in [3.05, 3.63) is 64.4 Å². The summed E-state index contributed by atoms with van der Waals surface area (Å²) in [5, 5.41) is 0. The van der Waals surface area contributed by atoms with Gasteiger partial charge in [-0.3, -0.25) is 4.40 Å². The minimum atomic E-state index is -4.44. The third kappa shape index (κ3) is 3.70. The summed E-state index contributed by atoms with van der Waals surface area (Å²) >= 11 is 3.34. The molecule has 2 aromatic heterocycles. The lowest BCUT2D eigenvalue weighted by Gasteiger charge is -2.20. The number of fused-ring (bicyclic) bond motifs is 1. The van der Waals surface area contributed by atoms with Gasteiger partial charge in [-0.15, -0.1) is 0 Å². The molecule has 0 aliphatic rings. The van der Waals surface area contributed by atoms with E-state index in [0.29, 0.717) is 15.8 Å². The number of aromatic nitrogens is 2. The molecule has 0 N–H and O–H groups in total. The highest BCUT2D eigenvalue weighted by Gasteiger charge is 2.30. The van der Waals surface area contributed by atoms with Gasteiger partial charge in [0.2, 0.25) is 10.0 Å². The van der Waals surface area contributed by atoms with Gasteiger partial charge in [0, 0.05) is 6.20 Å². The molecule has 3 rings (SSSR count). The minimum Gasteiger partial charge on any atom is -0.292 e. The molecule has 10 heteroatoms. The van der Waals surface area contributed by atoms with E-state index in [1.165, 1.54) is 12.1 Å². The van der Waals surface area contributed by atoms with Gasteiger partial charge in [-0.05, 0) is 45.8 Å². The Balaban J connectivity index is 2.01. The van der Waals surface area contributed by atoms with E-state index in [9.17, 15) is 21.6 Å². The van der Waals surface area contributed by atoms with E-state index >= 15 is 0 Å². The summed E-state index contributed by atoms with van der Waals surface area (Å²) in [6.45, 7) is -0.139. The third-order valence-corrected chi connectivity index (χ3v) is 5.54. The second kappa shape index (κ2) is 6.58. The van der Waals surface area contributed by atoms with Crippen molar-refractivity contribution in [3.8, 4) is 0 Å². The first-order valence-electron chi connectivity index (χ1n) is 7.34. The van der Waals surface area contributed by atoms with Crippen molar-refractivity contribution in [2.75, 3.05) is 10.6 Å². The van der Waals surface area contributed by atoms with Crippen LogP contribution in [0.3, 0.4) is 0 Å². The van der Waals surface area contributed by atoms with Crippen molar-refractivity contribution in [2.45, 2.75) is 12.7 Å². The summed E-state index contributed by atoms with van der Waals surface area (Å²) in [5.41, 5.74) is 0.156. The first-order valence-corrected chi connectivity index (χ1v) is 9.98. The predicted molar refractivity (Wildman–Crippen MR) is 95.4 cm³/mol. The fourth-order valence-electron chi connectivity index (χ4n) is 2.43. The quantitative estimate of drug-likeness (QED) is 0.605. The van der Waals surface area contributed by atoms with Crippen LogP contribution in [0.15, 0.2) is 53.3 Å². The summed E-state index contributed by atoms with van der Waals surface area (Å²) in [4.78, 5) is 4.31. The average molecular weight is 448 g/mol. The van der Waals surface area contributed by atoms with Crippen LogP contribution in [0.25, 0.3) is 5.65 Å². The number of alkyl halides is 3. The summed E-state index contributed by atoms with van der Waals surface area (Å²) in [5.74, 6) is 0.165. The Kier molecular flexibility index (Phi) is 4.74. The lowest BCUT2D eigenvalue weighted by Crippen LogP contribution is -2.30. The van der Waals surface area contributed by atoms with Crippen LogP contribution in [0.5, 0.6) is 0 Å². The summed E-state index contributed by atoms with van der Waals surface area (Å²) in [7, 11) is -3.72. The molecule has 0 atom stereocenters. The van der Waals surface area contributed by atoms with Gasteiger partial charge in [-0.2, -0.15) is 13.2 Å². The Hall–Kier alpha value is -2.07. The van der Waals surface area contributed by atoms with Gasteiger partial charge in [-0.1, -0.05) is 18.2 Å². The standard InChI is InChI=1S/C16H13BrF3N3O2S/c1-26(24,25)23(10-11-5-7-12(8-6-11)16(18,19)20)15-14(17)22-9-3-2-4-13(22)21-15/h2-9H,10H2,1H3. The lowest BCUT2D eigenvalue weighted by atomic mass is 10.1. The molecule has 0 amide bonds. The minimum absolute atomic E-state index is 0.139. The van der Waals surface area contributed by atoms with E-state index in [4.69, 9.17) is 0 Å². The molecule has 138 valence electrons. The smallest absolute Gasteiger partial charge is 0.292 e. The Morgan fingerprint density at radius 3 is 2.35 bits per heavy atom. The third-order valence-electron chi connectivity index (χ3n) is 3.70. The molecule has 1 aromatic carbocycles. The largest absolute Gasteiger partial charge is 0.416 e. The van der Waals surface area contributed by atoms with Gasteiger partial charge in [0.15, 0.2) is 5.82 Å². The van der Waals surface area contributed by atoms with Crippen molar-refractivity contribution >= 4 is 37.4 Å². The Morgan fingerprint density at radius 2 is 1.81 bits per heavy atom. The number of rotatable bonds is 4. The van der Waals surface area contributed by atoms with Crippen molar-refractivity contribution in [1.82, 2.24) is 9.38 Å². The van der Waals surface area contributed by atoms with Crippen LogP contribution < -0.4 is 4.31 Å². The molecule has 0 bridgehead atoms. The van der Waals surface area contributed by atoms with Gasteiger partial charge >= 0.3 is 6.18 Å². The number of hydrogen-bond acceptors (Lipinski definition) is 3. The van der Waals surface area contributed by atoms with Gasteiger partial charge in [0.1, 0.15) is 10.3 Å². The predicted octanol–water partition coefficient (Wildman–Crippen LogP) is 4.08. The number of benzene rings is 1. The zero-order valence-corrected chi connectivity index (χ0v) is 15.8. The SMILES string of the molecule is CS(=O)(=O)N(Cc1ccc(C(F)(F)F)cc1)c1nc2ccccn2c1Br. The number of pyridine rings is 1. The molecule has 5 nitrogen and oxygen atoms in total. The molecule has 0 unspecified atom stereocenters. The van der Waals surface area contributed by atoms with Crippen LogP contribution >= 0.6 is 15.9 Å². The molecular formula is C16H13BrF3N3O2S. The Labute approximate surface area is 156 Å². The molecule has 0 radical (unpaired) electrons. The van der Waals surface area contributed by atoms with E-state index in [-0.39, 0.29) is 12.4 Å². The fourth-order valence-corrected chi connectivity index (χ4v) is 3.97. The monoisotopic (exact) mass is 447 g/mol. The lowest BCUT2D eigenvalue weighted by molar-refractivity contribution is -0.137. The van der Waals surface area contributed by atoms with Gasteiger partial charge < -0.3 is 0 Å². The van der Waals surface area contributed by atoms with Crippen molar-refractivity contribution in [1.29, 1.82) is 0 Å². The number of nitrogens with zero attached hydrogens (tertiary/aromatic N) is 3. The van der Waals surface area contributed by atoms with E-state index in [1.54, 1.807) is 28.8 Å². The molecule has 0 saturated heterocycles. The fraction of sp³-hybridized carbons (Fsp3) is 0.188. The van der Waals surface area contributed by atoms with E-state index in [0.717, 1.165) is 22.7 Å². The molecule has 0 spiro atoms. The molecule has 0 aliphatic carbocycles. The number of sulfonamides is 1. The summed E-state index contributed by atoms with van der Waals surface area (Å²) < 4.78 is 65.7. The van der Waals surface area contributed by atoms with Crippen LogP contribution in [0.1, 0.15) is 11.1 Å². The molecule has 26 heavy (non-hydrogen) atoms. The maximum absolute atomic E-state index is 12.7. The Morgan fingerprint density at radius 1 is 1.15 bits per heavy atom. The van der Waals surface area contributed by atoms with Crippen LogP contribution in [0.4, 0.5) is 19.0 Å². The summed E-state index contributed by atoms with van der Waals surface area (Å²) in [6, 6.07) is 9.61. The molecule has 0 aliphatic heterocycles. The second-order valence-corrected chi connectivity index (χ2v) is 8.28. The molecule has 2 heterocycles. The van der Waals surface area contributed by atoms with Gasteiger partial charge in [0.05, 0.1) is 18.4 Å². The number of halogens is 4. The van der Waals surface area contributed by atoms with Crippen LogP contribution in [0, 0.1) is 0 Å². The number of imidazole rings is 1. The van der Waals surface area contributed by atoms with E-state index < -0.39 is 21.8 Å². The van der Waals surface area contributed by atoms with Gasteiger partial charge in [-0.25, -0.2) is 17.7 Å². The zero-order chi connectivity index (χ0) is 19.1. The van der Waals surface area contributed by atoms with E-state index in [1.807, 2.05) is 0 Å². The first-order chi connectivity index (χ1) is 12.1. The summed E-state index contributed by atoms with van der Waals surface area (Å²) in [6.07, 6.45) is -1.71. The zero-order valence-electron chi connectivity index (χ0n) is 13.4. The van der Waals surface area contributed by atoms with Gasteiger partial charge in [0.25, 0.3) is 0 Å². The highest BCUT2D eigenvalue weighted by molar-refractivity contribution is 9.10. The van der Waals surface area contributed by atoms with Crippen molar-refractivity contribution in [2.24, 2.45) is 0 Å². The molecule has 0 saturated carbocycles. The van der Waals surface area contributed by atoms with Crippen molar-refractivity contribution < 1.29 is 21.6 Å². The number of hydrogen-bond donors (Lipinski definition) is 0. The van der Waals surface area contributed by atoms with Crippen LogP contribution in [-0.2, 0) is 22.7 Å². The molecule has 3 aromatic rings. The normalized spacial score (nSPS) is 12.5. The topological polar surface area (TPSA) is 54.7 Å². The maximum Gasteiger partial charge on any atom is 0.416 e. The second-order valence-electron chi connectivity index (χ2n) is 5.62. The van der Waals surface area contributed by atoms with Crippen molar-refractivity contribution in [3.63, 3.8) is 0 Å². The highest BCUT2D eigenvalue weighted by Crippen LogP contribution is 2.32. The van der Waals surface area contributed by atoms with E-state index in [2.05, 4.69) is 20.9 Å². The molecule has 0 fully saturated rings. The number of anilines is 1. The van der Waals surface area contributed by atoms with Crippen LogP contribution in [-0.4, -0.2) is 24.1 Å². The Bertz CT molecular complexity index is 1050. The average Bonchev–Trinajstić information content (AvgIpc) is 2.88. The van der Waals surface area contributed by atoms with Crippen LogP contribution in [0.2, 0.25) is 0 Å². The first kappa shape index (κ1) is 18.7. The molecular weight excluding hydrogens is 435 g/mol. The highest BCUT2D eigenvalue weighted by atomic mass is 79.9.